The van der Waals surface area contributed by atoms with Gasteiger partial charge in [0, 0.05) is 12.7 Å². The maximum Gasteiger partial charge on any atom is 0.258 e. The summed E-state index contributed by atoms with van der Waals surface area (Å²) in [4.78, 5) is 29.6. The quantitative estimate of drug-likeness (QED) is 0.879. The van der Waals surface area contributed by atoms with Gasteiger partial charge < -0.3 is 4.98 Å². The van der Waals surface area contributed by atoms with Crippen LogP contribution in [0.4, 0.5) is 0 Å². The molecule has 1 N–H and O–H groups in total. The van der Waals surface area contributed by atoms with Gasteiger partial charge in [-0.15, -0.1) is 0 Å². The molecule has 0 radical (unpaired) electrons. The van der Waals surface area contributed by atoms with Gasteiger partial charge in [-0.2, -0.15) is 0 Å². The molecule has 5 heteroatoms. The molecule has 0 bridgehead atoms. The van der Waals surface area contributed by atoms with Crippen LogP contribution in [0.5, 0.6) is 0 Å². The van der Waals surface area contributed by atoms with Crippen LogP contribution in [0.25, 0.3) is 17.0 Å². The molecule has 0 amide bonds. The number of carbonyl (C=O) groups excluding carboxylic acids is 1. The van der Waals surface area contributed by atoms with Gasteiger partial charge in [-0.3, -0.25) is 9.59 Å². The highest BCUT2D eigenvalue weighted by Gasteiger charge is 2.01. The summed E-state index contributed by atoms with van der Waals surface area (Å²) in [7, 11) is 0. The van der Waals surface area contributed by atoms with Crippen LogP contribution in [0.1, 0.15) is 24.7 Å². The van der Waals surface area contributed by atoms with E-state index in [1.165, 1.54) is 11.8 Å². The van der Waals surface area contributed by atoms with Crippen molar-refractivity contribution >= 4 is 33.9 Å². The summed E-state index contributed by atoms with van der Waals surface area (Å²) in [6.45, 7) is 3.33. The Hall–Kier alpha value is -1.88. The van der Waals surface area contributed by atoms with Crippen molar-refractivity contribution < 1.29 is 4.79 Å². The first-order chi connectivity index (χ1) is 9.56. The largest absolute Gasteiger partial charge is 0.310 e. The fourth-order valence-corrected chi connectivity index (χ4v) is 2.41. The maximum atomic E-state index is 11.8. The summed E-state index contributed by atoms with van der Waals surface area (Å²) < 4.78 is 0. The second kappa shape index (κ2) is 6.52. The number of aromatic amines is 1. The average molecular weight is 288 g/mol. The Morgan fingerprint density at radius 1 is 1.45 bits per heavy atom. The van der Waals surface area contributed by atoms with Gasteiger partial charge in [-0.1, -0.05) is 30.0 Å². The van der Waals surface area contributed by atoms with Crippen LogP contribution in [0.2, 0.25) is 0 Å². The van der Waals surface area contributed by atoms with Gasteiger partial charge in [0.1, 0.15) is 5.82 Å². The highest BCUT2D eigenvalue weighted by atomic mass is 32.2. The number of hydrogen-bond acceptors (Lipinski definition) is 4. The third kappa shape index (κ3) is 3.81. The van der Waals surface area contributed by atoms with E-state index in [4.69, 9.17) is 0 Å². The molecule has 0 aliphatic rings. The summed E-state index contributed by atoms with van der Waals surface area (Å²) in [5, 5.41) is 0.730. The third-order valence-electron chi connectivity index (χ3n) is 2.75. The zero-order valence-corrected chi connectivity index (χ0v) is 12.3. The first-order valence-corrected chi connectivity index (χ1v) is 7.35. The number of aryl methyl sites for hydroxylation is 1. The van der Waals surface area contributed by atoms with Crippen LogP contribution >= 0.6 is 11.8 Å². The number of nitrogens with one attached hydrogen (secondary N) is 1. The molecule has 1 aromatic carbocycles. The average Bonchev–Trinajstić information content (AvgIpc) is 2.38. The minimum atomic E-state index is -0.116. The van der Waals surface area contributed by atoms with Gasteiger partial charge >= 0.3 is 0 Å². The van der Waals surface area contributed by atoms with Crippen molar-refractivity contribution in [1.29, 1.82) is 0 Å². The SMILES string of the molecule is CC(=O)SCCC=Cc1ccc2nc(C)[nH]c(=O)c2c1. The molecule has 4 nitrogen and oxygen atoms in total. The monoisotopic (exact) mass is 288 g/mol. The van der Waals surface area contributed by atoms with Gasteiger partial charge in [0.15, 0.2) is 5.12 Å². The Bertz CT molecular complexity index is 719. The number of fused-ring (bicyclic) bond motifs is 1. The number of thioether (sulfide) groups is 1. The Labute approximate surface area is 121 Å². The van der Waals surface area contributed by atoms with Crippen molar-refractivity contribution in [2.75, 3.05) is 5.75 Å². The van der Waals surface area contributed by atoms with E-state index in [9.17, 15) is 9.59 Å². The van der Waals surface area contributed by atoms with Gasteiger partial charge in [0.25, 0.3) is 5.56 Å². The molecule has 0 saturated heterocycles. The van der Waals surface area contributed by atoms with Crippen molar-refractivity contribution in [3.8, 4) is 0 Å². The predicted molar refractivity (Wildman–Crippen MR) is 83.9 cm³/mol. The zero-order valence-electron chi connectivity index (χ0n) is 11.5. The molecule has 1 heterocycles. The highest BCUT2D eigenvalue weighted by Crippen LogP contribution is 2.12. The molecule has 0 spiro atoms. The molecule has 2 aromatic rings. The normalized spacial score (nSPS) is 11.3. The summed E-state index contributed by atoms with van der Waals surface area (Å²) in [5.41, 5.74) is 1.55. The van der Waals surface area contributed by atoms with Crippen LogP contribution in [0, 0.1) is 6.92 Å². The summed E-state index contributed by atoms with van der Waals surface area (Å²) in [6.07, 6.45) is 4.79. The molecule has 104 valence electrons. The standard InChI is InChI=1S/C15H16N2O2S/c1-10-16-14-7-6-12(9-13(14)15(19)17-10)5-3-4-8-20-11(2)18/h3,5-7,9H,4,8H2,1-2H3,(H,16,17,19). The van der Waals surface area contributed by atoms with E-state index in [1.807, 2.05) is 30.4 Å². The molecule has 2 rings (SSSR count). The second-order valence-corrected chi connectivity index (χ2v) is 5.73. The second-order valence-electron chi connectivity index (χ2n) is 4.46. The molecule has 0 atom stereocenters. The number of rotatable bonds is 4. The lowest BCUT2D eigenvalue weighted by atomic mass is 10.1. The molecule has 0 saturated carbocycles. The van der Waals surface area contributed by atoms with E-state index in [1.54, 1.807) is 13.8 Å². The van der Waals surface area contributed by atoms with Crippen molar-refractivity contribution in [3.63, 3.8) is 0 Å². The third-order valence-corrected chi connectivity index (χ3v) is 3.59. The first kappa shape index (κ1) is 14.5. The predicted octanol–water partition coefficient (Wildman–Crippen LogP) is 2.91. The number of aromatic nitrogens is 2. The van der Waals surface area contributed by atoms with Gasteiger partial charge in [-0.05, 0) is 31.0 Å². The fraction of sp³-hybridized carbons (Fsp3) is 0.267. The van der Waals surface area contributed by atoms with E-state index in [2.05, 4.69) is 9.97 Å². The van der Waals surface area contributed by atoms with Gasteiger partial charge in [0.2, 0.25) is 0 Å². The smallest absolute Gasteiger partial charge is 0.258 e. The fourth-order valence-electron chi connectivity index (χ4n) is 1.87. The number of nitrogens with zero attached hydrogens (tertiary/aromatic N) is 1. The van der Waals surface area contributed by atoms with E-state index in [0.717, 1.165) is 17.7 Å². The summed E-state index contributed by atoms with van der Waals surface area (Å²) >= 11 is 1.32. The molecule has 20 heavy (non-hydrogen) atoms. The van der Waals surface area contributed by atoms with Crippen LogP contribution in [0.15, 0.2) is 29.1 Å². The number of H-pyrrole nitrogens is 1. The van der Waals surface area contributed by atoms with E-state index < -0.39 is 0 Å². The molecule has 1 aromatic heterocycles. The number of benzene rings is 1. The van der Waals surface area contributed by atoms with E-state index >= 15 is 0 Å². The number of allylic oxidation sites excluding steroid dienone is 1. The van der Waals surface area contributed by atoms with E-state index in [-0.39, 0.29) is 10.7 Å². The van der Waals surface area contributed by atoms with Gasteiger partial charge in [-0.25, -0.2) is 4.98 Å². The number of carbonyl (C=O) groups is 1. The molecule has 0 fully saturated rings. The van der Waals surface area contributed by atoms with Crippen LogP contribution in [-0.2, 0) is 4.79 Å². The van der Waals surface area contributed by atoms with E-state index in [0.29, 0.717) is 16.7 Å². The first-order valence-electron chi connectivity index (χ1n) is 6.37. The van der Waals surface area contributed by atoms with Crippen LogP contribution in [-0.4, -0.2) is 20.8 Å². The Morgan fingerprint density at radius 2 is 2.25 bits per heavy atom. The molecular weight excluding hydrogens is 272 g/mol. The Balaban J connectivity index is 2.14. The lowest BCUT2D eigenvalue weighted by Crippen LogP contribution is -2.09. The van der Waals surface area contributed by atoms with Crippen molar-refractivity contribution in [2.24, 2.45) is 0 Å². The molecule has 0 aliphatic carbocycles. The van der Waals surface area contributed by atoms with Crippen molar-refractivity contribution in [3.05, 3.63) is 46.0 Å². The number of hydrogen-bond donors (Lipinski definition) is 1. The summed E-state index contributed by atoms with van der Waals surface area (Å²) in [5.74, 6) is 1.40. The minimum absolute atomic E-state index is 0.116. The lowest BCUT2D eigenvalue weighted by Gasteiger charge is -2.00. The zero-order chi connectivity index (χ0) is 14.5. The molecular formula is C15H16N2O2S. The molecule has 0 aliphatic heterocycles. The minimum Gasteiger partial charge on any atom is -0.310 e. The highest BCUT2D eigenvalue weighted by molar-refractivity contribution is 8.13. The lowest BCUT2D eigenvalue weighted by molar-refractivity contribution is -0.109. The van der Waals surface area contributed by atoms with Crippen molar-refractivity contribution in [2.45, 2.75) is 20.3 Å². The van der Waals surface area contributed by atoms with Crippen molar-refractivity contribution in [1.82, 2.24) is 9.97 Å². The Morgan fingerprint density at radius 3 is 3.00 bits per heavy atom. The molecule has 0 unspecified atom stereocenters. The van der Waals surface area contributed by atoms with Gasteiger partial charge in [0.05, 0.1) is 10.9 Å². The Kier molecular flexibility index (Phi) is 4.74. The topological polar surface area (TPSA) is 62.8 Å². The maximum absolute atomic E-state index is 11.8. The van der Waals surface area contributed by atoms with Crippen LogP contribution in [0.3, 0.4) is 0 Å². The van der Waals surface area contributed by atoms with Crippen LogP contribution < -0.4 is 5.56 Å². The summed E-state index contributed by atoms with van der Waals surface area (Å²) in [6, 6.07) is 5.61.